The molecule has 0 radical (unpaired) electrons. The molecule has 0 bridgehead atoms. The van der Waals surface area contributed by atoms with Crippen LogP contribution in [0.5, 0.6) is 5.95 Å². The molecule has 0 saturated heterocycles. The van der Waals surface area contributed by atoms with Crippen molar-refractivity contribution in [2.45, 2.75) is 6.92 Å². The predicted octanol–water partition coefficient (Wildman–Crippen LogP) is -0.107. The molecule has 0 atom stereocenters. The zero-order chi connectivity index (χ0) is 7.56. The lowest BCUT2D eigenvalue weighted by Gasteiger charge is -1.89. The van der Waals surface area contributed by atoms with Gasteiger partial charge in [-0.3, -0.25) is 9.59 Å². The Kier molecular flexibility index (Phi) is 1.57. The highest BCUT2D eigenvalue weighted by Gasteiger charge is 2.01. The van der Waals surface area contributed by atoms with E-state index in [1.807, 2.05) is 5.16 Å². The maximum Gasteiger partial charge on any atom is 0.319 e. The number of esters is 1. The van der Waals surface area contributed by atoms with Gasteiger partial charge in [-0.1, -0.05) is 0 Å². The number of aromatic nitrogens is 1. The minimum Gasteiger partial charge on any atom is -0.391 e. The summed E-state index contributed by atoms with van der Waals surface area (Å²) in [6.45, 7) is 1.22. The second-order valence-corrected chi connectivity index (χ2v) is 1.63. The number of carbonyl (C=O) groups excluding carboxylic acids is 1. The van der Waals surface area contributed by atoms with Crippen molar-refractivity contribution in [3.05, 3.63) is 16.4 Å². The quantitative estimate of drug-likeness (QED) is 0.557. The van der Waals surface area contributed by atoms with E-state index >= 15 is 0 Å². The molecule has 0 fully saturated rings. The van der Waals surface area contributed by atoms with Crippen molar-refractivity contribution >= 4 is 5.97 Å². The van der Waals surface area contributed by atoms with E-state index in [4.69, 9.17) is 0 Å². The molecule has 0 aliphatic heterocycles. The van der Waals surface area contributed by atoms with Crippen LogP contribution in [-0.4, -0.2) is 11.1 Å². The Bertz CT molecular complexity index is 284. The van der Waals surface area contributed by atoms with E-state index in [1.54, 1.807) is 0 Å². The highest BCUT2D eigenvalue weighted by atomic mass is 16.7. The summed E-state index contributed by atoms with van der Waals surface area (Å²) in [6, 6.07) is 1.04. The summed E-state index contributed by atoms with van der Waals surface area (Å²) in [7, 11) is 0. The molecule has 5 heteroatoms. The fraction of sp³-hybridized carbons (Fsp3) is 0.200. The Morgan fingerprint density at radius 3 is 2.90 bits per heavy atom. The van der Waals surface area contributed by atoms with Gasteiger partial charge in [-0.2, -0.15) is 5.16 Å². The van der Waals surface area contributed by atoms with E-state index in [9.17, 15) is 9.59 Å². The highest BCUT2D eigenvalue weighted by Crippen LogP contribution is 2.02. The fourth-order valence-electron chi connectivity index (χ4n) is 0.459. The molecule has 1 N–H and O–H groups in total. The second-order valence-electron chi connectivity index (χ2n) is 1.63. The summed E-state index contributed by atoms with van der Waals surface area (Å²) in [5.41, 5.74) is -0.434. The Morgan fingerprint density at radius 2 is 2.50 bits per heavy atom. The van der Waals surface area contributed by atoms with Gasteiger partial charge in [-0.25, -0.2) is 0 Å². The first-order valence-electron chi connectivity index (χ1n) is 2.55. The van der Waals surface area contributed by atoms with Gasteiger partial charge in [0.25, 0.3) is 5.56 Å². The molecule has 0 aliphatic carbocycles. The smallest absolute Gasteiger partial charge is 0.319 e. The molecule has 1 aromatic rings. The molecular formula is C5H5NO4. The normalized spacial score (nSPS) is 9.30. The summed E-state index contributed by atoms with van der Waals surface area (Å²) < 4.78 is 8.79. The molecule has 0 amide bonds. The maximum absolute atomic E-state index is 10.3. The molecule has 0 aromatic carbocycles. The van der Waals surface area contributed by atoms with Crippen LogP contribution in [0.25, 0.3) is 0 Å². The lowest BCUT2D eigenvalue weighted by molar-refractivity contribution is -0.133. The van der Waals surface area contributed by atoms with E-state index in [2.05, 4.69) is 9.26 Å². The Hall–Kier alpha value is -1.52. The summed E-state index contributed by atoms with van der Waals surface area (Å²) in [5, 5.41) is 1.97. The fourth-order valence-corrected chi connectivity index (χ4v) is 0.459. The number of hydrogen-bond acceptors (Lipinski definition) is 4. The largest absolute Gasteiger partial charge is 0.391 e. The Balaban J connectivity index is 2.76. The summed E-state index contributed by atoms with van der Waals surface area (Å²) in [6.07, 6.45) is 0. The van der Waals surface area contributed by atoms with E-state index in [1.165, 1.54) is 6.92 Å². The molecule has 5 nitrogen and oxygen atoms in total. The van der Waals surface area contributed by atoms with Gasteiger partial charge in [0.05, 0.1) is 6.07 Å². The van der Waals surface area contributed by atoms with Gasteiger partial charge in [-0.15, -0.1) is 0 Å². The van der Waals surface area contributed by atoms with Gasteiger partial charge in [0, 0.05) is 6.92 Å². The van der Waals surface area contributed by atoms with Crippen LogP contribution >= 0.6 is 0 Å². The minimum absolute atomic E-state index is 0.113. The number of H-pyrrole nitrogens is 1. The maximum atomic E-state index is 10.3. The molecule has 1 aromatic heterocycles. The van der Waals surface area contributed by atoms with Crippen molar-refractivity contribution in [2.75, 3.05) is 0 Å². The first kappa shape index (κ1) is 6.60. The van der Waals surface area contributed by atoms with Crippen LogP contribution in [0.4, 0.5) is 0 Å². The van der Waals surface area contributed by atoms with Crippen molar-refractivity contribution in [1.29, 1.82) is 0 Å². The zero-order valence-corrected chi connectivity index (χ0v) is 5.21. The van der Waals surface area contributed by atoms with Crippen LogP contribution in [0.3, 0.4) is 0 Å². The lowest BCUT2D eigenvalue weighted by atomic mass is 10.7. The van der Waals surface area contributed by atoms with Crippen molar-refractivity contribution in [2.24, 2.45) is 0 Å². The third-order valence-corrected chi connectivity index (χ3v) is 0.745. The third kappa shape index (κ3) is 1.48. The van der Waals surface area contributed by atoms with E-state index in [0.29, 0.717) is 0 Å². The van der Waals surface area contributed by atoms with Gasteiger partial charge in [0.2, 0.25) is 0 Å². The molecule has 54 valence electrons. The monoisotopic (exact) mass is 143 g/mol. The Morgan fingerprint density at radius 1 is 1.80 bits per heavy atom. The number of rotatable bonds is 1. The van der Waals surface area contributed by atoms with Gasteiger partial charge in [0.15, 0.2) is 0 Å². The molecule has 10 heavy (non-hydrogen) atoms. The van der Waals surface area contributed by atoms with Crippen molar-refractivity contribution in [3.63, 3.8) is 0 Å². The summed E-state index contributed by atoms with van der Waals surface area (Å²) in [4.78, 5) is 20.6. The second kappa shape index (κ2) is 2.38. The van der Waals surface area contributed by atoms with Crippen LogP contribution in [0.15, 0.2) is 15.4 Å². The summed E-state index contributed by atoms with van der Waals surface area (Å²) >= 11 is 0. The third-order valence-electron chi connectivity index (χ3n) is 0.745. The van der Waals surface area contributed by atoms with Crippen molar-refractivity contribution in [1.82, 2.24) is 5.16 Å². The van der Waals surface area contributed by atoms with Crippen LogP contribution in [0, 0.1) is 0 Å². The number of aromatic amines is 1. The number of nitrogens with one attached hydrogen (secondary N) is 1. The lowest BCUT2D eigenvalue weighted by Crippen LogP contribution is -2.00. The van der Waals surface area contributed by atoms with Gasteiger partial charge in [-0.05, 0) is 0 Å². The molecule has 1 heterocycles. The van der Waals surface area contributed by atoms with Crippen LogP contribution in [0.1, 0.15) is 6.92 Å². The van der Waals surface area contributed by atoms with Crippen molar-refractivity contribution in [3.8, 4) is 5.95 Å². The molecule has 0 aliphatic rings. The SMILES string of the molecule is CC(=O)Oc1cc(=O)[nH]o1. The first-order valence-corrected chi connectivity index (χ1v) is 2.55. The Labute approximate surface area is 55.6 Å². The van der Waals surface area contributed by atoms with Crippen LogP contribution < -0.4 is 10.3 Å². The molecule has 1 rings (SSSR count). The topological polar surface area (TPSA) is 72.3 Å². The number of ether oxygens (including phenoxy) is 1. The minimum atomic E-state index is -0.525. The number of carbonyl (C=O) groups is 1. The van der Waals surface area contributed by atoms with E-state index in [-0.39, 0.29) is 5.95 Å². The highest BCUT2D eigenvalue weighted by molar-refractivity contribution is 5.68. The molecule has 0 unspecified atom stereocenters. The average molecular weight is 143 g/mol. The van der Waals surface area contributed by atoms with E-state index < -0.39 is 11.5 Å². The van der Waals surface area contributed by atoms with Crippen LogP contribution in [0.2, 0.25) is 0 Å². The van der Waals surface area contributed by atoms with Crippen molar-refractivity contribution < 1.29 is 14.1 Å². The van der Waals surface area contributed by atoms with E-state index in [0.717, 1.165) is 6.07 Å². The standard InChI is InChI=1S/C5H5NO4/c1-3(7)9-5-2-4(8)6-10-5/h2H,1H3,(H,6,8). The first-order chi connectivity index (χ1) is 4.68. The van der Waals surface area contributed by atoms with Gasteiger partial charge < -0.3 is 9.26 Å². The van der Waals surface area contributed by atoms with Crippen LogP contribution in [-0.2, 0) is 4.79 Å². The zero-order valence-electron chi connectivity index (χ0n) is 5.21. The predicted molar refractivity (Wildman–Crippen MR) is 30.6 cm³/mol. The molecule has 0 spiro atoms. The van der Waals surface area contributed by atoms with Gasteiger partial charge in [0.1, 0.15) is 0 Å². The average Bonchev–Trinajstić information content (AvgIpc) is 2.13. The molecular weight excluding hydrogens is 138 g/mol. The summed E-state index contributed by atoms with van der Waals surface area (Å²) in [5.74, 6) is -0.639. The molecule has 0 saturated carbocycles. The number of hydrogen-bond donors (Lipinski definition) is 1. The van der Waals surface area contributed by atoms with Gasteiger partial charge >= 0.3 is 11.9 Å².